The number of benzene rings is 1. The molecule has 1 unspecified atom stereocenters. The van der Waals surface area contributed by atoms with Crippen LogP contribution in [0, 0.1) is 11.8 Å². The predicted molar refractivity (Wildman–Crippen MR) is 131 cm³/mol. The number of hydroxylamine groups is 1. The van der Waals surface area contributed by atoms with E-state index < -0.39 is 20.2 Å². The lowest BCUT2D eigenvalue weighted by Gasteiger charge is -2.29. The van der Waals surface area contributed by atoms with Gasteiger partial charge in [0.1, 0.15) is 17.1 Å². The lowest BCUT2D eigenvalue weighted by Crippen LogP contribution is -2.49. The highest BCUT2D eigenvalue weighted by Gasteiger charge is 2.39. The van der Waals surface area contributed by atoms with Crippen molar-refractivity contribution in [3.63, 3.8) is 0 Å². The smallest absolute Gasteiger partial charge is 0.261 e. The number of pyridine rings is 1. The molecule has 178 valence electrons. The first-order valence-electron chi connectivity index (χ1n) is 10.4. The fourth-order valence-electron chi connectivity index (χ4n) is 3.26. The number of aryl methyl sites for hydroxylation is 1. The number of rotatable bonds is 7. The Labute approximate surface area is 197 Å². The standard InChI is InChI=1S/C25H26N2O6S/c1-25(24(30)26-31,34(2,3)32)13-15-27-14-12-20(16-23(27)29)19-7-4-18(5-8-19)6-9-21-10-11-22(17-28)33-21/h4-5,7-8,10-12,14,16,28,31H,2,13,15,17H2,1,3H3,(H,26,30)/t25-,34?/m1/s1. The van der Waals surface area contributed by atoms with Crippen LogP contribution in [0.1, 0.15) is 30.4 Å². The van der Waals surface area contributed by atoms with Gasteiger partial charge in [0, 0.05) is 30.6 Å². The molecule has 8 nitrogen and oxygen atoms in total. The molecule has 3 rings (SSSR count). The molecule has 0 aliphatic heterocycles. The van der Waals surface area contributed by atoms with Crippen LogP contribution in [0.3, 0.4) is 0 Å². The number of hydrogen-bond acceptors (Lipinski definition) is 6. The summed E-state index contributed by atoms with van der Waals surface area (Å²) in [6.45, 7) is 1.40. The molecular weight excluding hydrogens is 456 g/mol. The molecule has 2 atom stereocenters. The van der Waals surface area contributed by atoms with Crippen molar-refractivity contribution in [3.05, 3.63) is 82.2 Å². The zero-order valence-corrected chi connectivity index (χ0v) is 19.7. The molecule has 9 heteroatoms. The van der Waals surface area contributed by atoms with E-state index in [0.29, 0.717) is 17.1 Å². The third kappa shape index (κ3) is 5.48. The molecular formula is C25H26N2O6S. The van der Waals surface area contributed by atoms with Crippen LogP contribution in [0.2, 0.25) is 0 Å². The molecule has 1 aromatic carbocycles. The highest BCUT2D eigenvalue weighted by molar-refractivity contribution is 8.01. The van der Waals surface area contributed by atoms with E-state index >= 15 is 0 Å². The number of hydrogen-bond donors (Lipinski definition) is 3. The van der Waals surface area contributed by atoms with Crippen LogP contribution in [0.25, 0.3) is 11.1 Å². The molecule has 1 amide bonds. The molecule has 0 radical (unpaired) electrons. The highest BCUT2D eigenvalue weighted by Crippen LogP contribution is 2.23. The van der Waals surface area contributed by atoms with Crippen LogP contribution in [0.4, 0.5) is 0 Å². The van der Waals surface area contributed by atoms with E-state index in [0.717, 1.165) is 11.1 Å². The Morgan fingerprint density at radius 1 is 1.18 bits per heavy atom. The first-order valence-corrected chi connectivity index (χ1v) is 12.5. The molecule has 0 aliphatic carbocycles. The number of furan rings is 1. The number of nitrogens with one attached hydrogen (secondary N) is 1. The van der Waals surface area contributed by atoms with Crippen molar-refractivity contribution in [3.8, 4) is 23.0 Å². The van der Waals surface area contributed by atoms with Crippen LogP contribution < -0.4 is 11.0 Å². The Bertz CT molecular complexity index is 1410. The third-order valence-electron chi connectivity index (χ3n) is 5.73. The van der Waals surface area contributed by atoms with Crippen LogP contribution in [0.15, 0.2) is 63.9 Å². The summed E-state index contributed by atoms with van der Waals surface area (Å²) >= 11 is 0. The fraction of sp³-hybridized carbons (Fsp3) is 0.240. The van der Waals surface area contributed by atoms with Crippen molar-refractivity contribution in [2.45, 2.75) is 31.2 Å². The monoisotopic (exact) mass is 482 g/mol. The number of nitrogens with zero attached hydrogens (tertiary/aromatic N) is 1. The van der Waals surface area contributed by atoms with Gasteiger partial charge in [-0.3, -0.25) is 19.0 Å². The molecule has 0 spiro atoms. The lowest BCUT2D eigenvalue weighted by molar-refractivity contribution is -0.131. The van der Waals surface area contributed by atoms with E-state index in [1.54, 1.807) is 29.9 Å². The topological polar surface area (TPSA) is 122 Å². The minimum atomic E-state index is -2.85. The fourth-order valence-corrected chi connectivity index (χ4v) is 4.22. The Balaban J connectivity index is 1.75. The van der Waals surface area contributed by atoms with Gasteiger partial charge >= 0.3 is 0 Å². The average molecular weight is 483 g/mol. The largest absolute Gasteiger partial charge is 0.450 e. The lowest BCUT2D eigenvalue weighted by atomic mass is 10.0. The molecule has 0 saturated heterocycles. The zero-order chi connectivity index (χ0) is 24.9. The molecule has 0 bridgehead atoms. The quantitative estimate of drug-likeness (QED) is 0.205. The molecule has 34 heavy (non-hydrogen) atoms. The van der Waals surface area contributed by atoms with Crippen molar-refractivity contribution >= 4 is 21.3 Å². The maximum absolute atomic E-state index is 12.6. The molecule has 3 aromatic rings. The van der Waals surface area contributed by atoms with Gasteiger partial charge in [0.15, 0.2) is 5.76 Å². The van der Waals surface area contributed by atoms with Crippen LogP contribution in [-0.4, -0.2) is 41.9 Å². The second kappa shape index (κ2) is 10.1. The molecule has 0 aliphatic rings. The maximum Gasteiger partial charge on any atom is 0.261 e. The second-order valence-corrected chi connectivity index (χ2v) is 11.0. The molecule has 3 N–H and O–H groups in total. The summed E-state index contributed by atoms with van der Waals surface area (Å²) < 4.78 is 17.8. The van der Waals surface area contributed by atoms with Crippen molar-refractivity contribution < 1.29 is 23.7 Å². The minimum absolute atomic E-state index is 0.0559. The van der Waals surface area contributed by atoms with Crippen molar-refractivity contribution in [1.82, 2.24) is 10.0 Å². The highest BCUT2D eigenvalue weighted by atomic mass is 32.2. The number of aromatic nitrogens is 1. The SMILES string of the molecule is C=S(C)(=O)[C@](C)(CCn1ccc(-c2ccc(C#Cc3ccc(CO)o3)cc2)cc1=O)C(=O)NO. The van der Waals surface area contributed by atoms with Gasteiger partial charge in [-0.2, -0.15) is 0 Å². The van der Waals surface area contributed by atoms with Crippen molar-refractivity contribution in [2.75, 3.05) is 6.26 Å². The summed E-state index contributed by atoms with van der Waals surface area (Å²) in [5.41, 5.74) is 3.57. The van der Waals surface area contributed by atoms with Gasteiger partial charge in [0.05, 0.1) is 0 Å². The number of amides is 1. The Kier molecular flexibility index (Phi) is 7.47. The first-order chi connectivity index (χ1) is 16.1. The summed E-state index contributed by atoms with van der Waals surface area (Å²) in [5.74, 6) is 9.57. The van der Waals surface area contributed by atoms with Crippen LogP contribution >= 0.6 is 0 Å². The van der Waals surface area contributed by atoms with Crippen LogP contribution in [0.5, 0.6) is 0 Å². The zero-order valence-electron chi connectivity index (χ0n) is 18.9. The van der Waals surface area contributed by atoms with Gasteiger partial charge in [0.2, 0.25) is 0 Å². The van der Waals surface area contributed by atoms with E-state index in [4.69, 9.17) is 14.7 Å². The Morgan fingerprint density at radius 3 is 2.44 bits per heavy atom. The summed E-state index contributed by atoms with van der Waals surface area (Å²) in [7, 11) is -2.85. The summed E-state index contributed by atoms with van der Waals surface area (Å²) in [5, 5.41) is 18.1. The summed E-state index contributed by atoms with van der Waals surface area (Å²) in [4.78, 5) is 24.8. The minimum Gasteiger partial charge on any atom is -0.450 e. The van der Waals surface area contributed by atoms with E-state index in [2.05, 4.69) is 17.7 Å². The molecule has 0 fully saturated rings. The van der Waals surface area contributed by atoms with Crippen molar-refractivity contribution in [2.24, 2.45) is 0 Å². The summed E-state index contributed by atoms with van der Waals surface area (Å²) in [6.07, 6.45) is 3.02. The molecule has 2 heterocycles. The van der Waals surface area contributed by atoms with Gasteiger partial charge in [-0.1, -0.05) is 18.1 Å². The van der Waals surface area contributed by atoms with E-state index in [1.807, 2.05) is 24.3 Å². The third-order valence-corrected chi connectivity index (χ3v) is 8.02. The second-order valence-electron chi connectivity index (χ2n) is 8.13. The van der Waals surface area contributed by atoms with Crippen LogP contribution in [-0.2, 0) is 27.5 Å². The van der Waals surface area contributed by atoms with E-state index in [9.17, 15) is 13.8 Å². The number of aliphatic hydroxyl groups excluding tert-OH is 1. The maximum atomic E-state index is 12.6. The van der Waals surface area contributed by atoms with E-state index in [-0.39, 0.29) is 25.1 Å². The van der Waals surface area contributed by atoms with Crippen molar-refractivity contribution in [1.29, 1.82) is 0 Å². The molecule has 0 saturated carbocycles. The Hall–Kier alpha value is -3.58. The van der Waals surface area contributed by atoms with E-state index in [1.165, 1.54) is 23.8 Å². The van der Waals surface area contributed by atoms with Gasteiger partial charge in [-0.05, 0) is 76.1 Å². The average Bonchev–Trinajstić information content (AvgIpc) is 3.29. The molecule has 2 aromatic heterocycles. The number of carbonyl (C=O) groups excluding carboxylic acids is 1. The van der Waals surface area contributed by atoms with Gasteiger partial charge in [-0.15, -0.1) is 0 Å². The van der Waals surface area contributed by atoms with Gasteiger partial charge in [0.25, 0.3) is 11.5 Å². The predicted octanol–water partition coefficient (Wildman–Crippen LogP) is 2.00. The first kappa shape index (κ1) is 25.1. The number of carbonyl (C=O) groups is 1. The van der Waals surface area contributed by atoms with Gasteiger partial charge in [-0.25, -0.2) is 5.48 Å². The normalized spacial score (nSPS) is 14.4. The number of aliphatic hydroxyl groups is 1. The summed E-state index contributed by atoms with van der Waals surface area (Å²) in [6, 6.07) is 14.0. The van der Waals surface area contributed by atoms with Gasteiger partial charge < -0.3 is 14.1 Å². The Morgan fingerprint density at radius 2 is 1.88 bits per heavy atom.